The zero-order valence-corrected chi connectivity index (χ0v) is 14.7. The number of ether oxygens (including phenoxy) is 1. The van der Waals surface area contributed by atoms with Gasteiger partial charge in [0, 0.05) is 16.1 Å². The van der Waals surface area contributed by atoms with Crippen LogP contribution in [0.15, 0.2) is 53.3 Å². The van der Waals surface area contributed by atoms with Crippen LogP contribution in [0.25, 0.3) is 22.4 Å². The number of hydrogen-bond acceptors (Lipinski definition) is 5. The predicted octanol–water partition coefficient (Wildman–Crippen LogP) is 3.03. The van der Waals surface area contributed by atoms with Gasteiger partial charge in [0.25, 0.3) is 5.56 Å². The molecule has 2 heterocycles. The van der Waals surface area contributed by atoms with Crippen molar-refractivity contribution in [1.29, 1.82) is 0 Å². The summed E-state index contributed by atoms with van der Waals surface area (Å²) in [6.45, 7) is 0. The van der Waals surface area contributed by atoms with Crippen molar-refractivity contribution in [3.05, 3.63) is 74.0 Å². The number of rotatable bonds is 3. The van der Waals surface area contributed by atoms with Crippen LogP contribution >= 0.6 is 22.9 Å². The Balaban J connectivity index is 1.91. The fraction of sp³-hybridized carbons (Fsp3) is 0.0556. The molecule has 0 spiro atoms. The number of hydrogen-bond donors (Lipinski definition) is 0. The van der Waals surface area contributed by atoms with E-state index in [0.29, 0.717) is 26.1 Å². The van der Waals surface area contributed by atoms with Gasteiger partial charge in [0.15, 0.2) is 5.82 Å². The Morgan fingerprint density at radius 2 is 1.88 bits per heavy atom. The number of benzene rings is 2. The van der Waals surface area contributed by atoms with Crippen molar-refractivity contribution in [1.82, 2.24) is 14.6 Å². The van der Waals surface area contributed by atoms with Crippen LogP contribution in [0, 0.1) is 0 Å². The molecular weight excluding hydrogens is 358 g/mol. The lowest BCUT2D eigenvalue weighted by molar-refractivity contribution is 0.414. The number of methoxy groups -OCH3 is 1. The smallest absolute Gasteiger partial charge is 0.276 e. The predicted molar refractivity (Wildman–Crippen MR) is 99.4 cm³/mol. The highest BCUT2D eigenvalue weighted by Crippen LogP contribution is 2.21. The summed E-state index contributed by atoms with van der Waals surface area (Å²) in [4.78, 5) is 13.4. The van der Waals surface area contributed by atoms with Crippen molar-refractivity contribution in [3.63, 3.8) is 0 Å². The maximum Gasteiger partial charge on any atom is 0.276 e. The first-order chi connectivity index (χ1) is 12.2. The molecule has 4 aromatic rings. The molecule has 2 aromatic carbocycles. The van der Waals surface area contributed by atoms with Crippen molar-refractivity contribution < 1.29 is 4.74 Å². The molecular formula is C18H12ClN3O2S. The lowest BCUT2D eigenvalue weighted by atomic mass is 10.2. The summed E-state index contributed by atoms with van der Waals surface area (Å²) in [5.74, 6) is 1.22. The Kier molecular flexibility index (Phi) is 3.99. The zero-order valence-electron chi connectivity index (χ0n) is 13.1. The van der Waals surface area contributed by atoms with Crippen molar-refractivity contribution in [2.75, 3.05) is 7.11 Å². The van der Waals surface area contributed by atoms with E-state index >= 15 is 0 Å². The summed E-state index contributed by atoms with van der Waals surface area (Å²) in [6, 6.07) is 14.7. The van der Waals surface area contributed by atoms with Gasteiger partial charge in [0.1, 0.15) is 5.75 Å². The summed E-state index contributed by atoms with van der Waals surface area (Å²) in [5, 5.41) is 8.90. The number of aromatic nitrogens is 3. The summed E-state index contributed by atoms with van der Waals surface area (Å²) in [5.41, 5.74) is 1.48. The Bertz CT molecular complexity index is 1170. The zero-order chi connectivity index (χ0) is 17.4. The van der Waals surface area contributed by atoms with Gasteiger partial charge < -0.3 is 4.74 Å². The molecule has 124 valence electrons. The van der Waals surface area contributed by atoms with E-state index in [9.17, 15) is 4.79 Å². The molecule has 0 aliphatic heterocycles. The maximum absolute atomic E-state index is 12.8. The molecule has 0 radical (unpaired) electrons. The summed E-state index contributed by atoms with van der Waals surface area (Å²) in [7, 11) is 1.61. The fourth-order valence-corrected chi connectivity index (χ4v) is 3.60. The fourth-order valence-electron chi connectivity index (χ4n) is 2.58. The van der Waals surface area contributed by atoms with Crippen LogP contribution in [0.1, 0.15) is 5.56 Å². The number of nitrogens with zero attached hydrogens (tertiary/aromatic N) is 3. The molecule has 0 aliphatic rings. The Morgan fingerprint density at radius 3 is 2.64 bits per heavy atom. The van der Waals surface area contributed by atoms with Crippen LogP contribution in [0.3, 0.4) is 0 Å². The molecule has 5 nitrogen and oxygen atoms in total. The van der Waals surface area contributed by atoms with Crippen LogP contribution < -0.4 is 14.8 Å². The molecule has 0 saturated carbocycles. The second-order valence-electron chi connectivity index (χ2n) is 5.31. The van der Waals surface area contributed by atoms with E-state index in [0.717, 1.165) is 11.1 Å². The van der Waals surface area contributed by atoms with Crippen LogP contribution in [0.5, 0.6) is 5.75 Å². The van der Waals surface area contributed by atoms with Gasteiger partial charge >= 0.3 is 0 Å². The minimum Gasteiger partial charge on any atom is -0.496 e. The van der Waals surface area contributed by atoms with Crippen LogP contribution in [-0.4, -0.2) is 21.7 Å². The maximum atomic E-state index is 12.8. The van der Waals surface area contributed by atoms with Gasteiger partial charge in [-0.15, -0.1) is 10.2 Å². The molecule has 0 amide bonds. The molecule has 25 heavy (non-hydrogen) atoms. The second-order valence-corrected chi connectivity index (χ2v) is 6.75. The second kappa shape index (κ2) is 6.31. The molecule has 0 aliphatic carbocycles. The van der Waals surface area contributed by atoms with E-state index in [2.05, 4.69) is 10.2 Å². The van der Waals surface area contributed by atoms with Gasteiger partial charge in [0.05, 0.1) is 11.6 Å². The van der Waals surface area contributed by atoms with Gasteiger partial charge in [0.2, 0.25) is 4.96 Å². The quantitative estimate of drug-likeness (QED) is 0.557. The Hall–Kier alpha value is -2.70. The molecule has 2 aromatic heterocycles. The number of thiazole rings is 1. The third kappa shape index (κ3) is 2.79. The van der Waals surface area contributed by atoms with E-state index < -0.39 is 0 Å². The number of halogens is 1. The van der Waals surface area contributed by atoms with Gasteiger partial charge in [-0.05, 0) is 36.4 Å². The lowest BCUT2D eigenvalue weighted by Gasteiger charge is -2.02. The molecule has 0 fully saturated rings. The monoisotopic (exact) mass is 369 g/mol. The highest BCUT2D eigenvalue weighted by Gasteiger charge is 2.14. The largest absolute Gasteiger partial charge is 0.496 e. The van der Waals surface area contributed by atoms with E-state index in [4.69, 9.17) is 16.3 Å². The van der Waals surface area contributed by atoms with Crippen molar-refractivity contribution in [3.8, 4) is 17.1 Å². The number of fused-ring (bicyclic) bond motifs is 1. The van der Waals surface area contributed by atoms with Crippen molar-refractivity contribution in [2.24, 2.45) is 0 Å². The van der Waals surface area contributed by atoms with Gasteiger partial charge in [-0.25, -0.2) is 4.40 Å². The molecule has 7 heteroatoms. The molecule has 0 atom stereocenters. The van der Waals surface area contributed by atoms with Crippen molar-refractivity contribution >= 4 is 34.0 Å². The third-order valence-electron chi connectivity index (χ3n) is 3.78. The SMILES string of the molecule is COc1ccccc1/C=c1\sc2nnc(-c3ccc(Cl)cc3)n2c1=O. The van der Waals surface area contributed by atoms with Crippen LogP contribution in [0.4, 0.5) is 0 Å². The molecule has 0 N–H and O–H groups in total. The standard InChI is InChI=1S/C18H12ClN3O2S/c1-24-14-5-3-2-4-12(14)10-15-17(23)22-16(20-21-18(22)25-15)11-6-8-13(19)9-7-11/h2-10H,1H3/b15-10-. The van der Waals surface area contributed by atoms with E-state index in [-0.39, 0.29) is 5.56 Å². The minimum atomic E-state index is -0.152. The van der Waals surface area contributed by atoms with Crippen LogP contribution in [-0.2, 0) is 0 Å². The third-order valence-corrected chi connectivity index (χ3v) is 4.99. The molecule has 4 rings (SSSR count). The first kappa shape index (κ1) is 15.8. The van der Waals surface area contributed by atoms with E-state index in [1.54, 1.807) is 19.2 Å². The van der Waals surface area contributed by atoms with Crippen molar-refractivity contribution in [2.45, 2.75) is 0 Å². The highest BCUT2D eigenvalue weighted by molar-refractivity contribution is 7.15. The summed E-state index contributed by atoms with van der Waals surface area (Å²) in [6.07, 6.45) is 1.81. The van der Waals surface area contributed by atoms with Gasteiger partial charge in [-0.1, -0.05) is 41.1 Å². The van der Waals surface area contributed by atoms with E-state index in [1.165, 1.54) is 15.7 Å². The minimum absolute atomic E-state index is 0.152. The van der Waals surface area contributed by atoms with Gasteiger partial charge in [-0.3, -0.25) is 4.79 Å². The summed E-state index contributed by atoms with van der Waals surface area (Å²) >= 11 is 7.22. The van der Waals surface area contributed by atoms with E-state index in [1.807, 2.05) is 42.5 Å². The van der Waals surface area contributed by atoms with Crippen LogP contribution in [0.2, 0.25) is 5.02 Å². The molecule has 0 saturated heterocycles. The van der Waals surface area contributed by atoms with Gasteiger partial charge in [-0.2, -0.15) is 0 Å². The average molecular weight is 370 g/mol. The summed E-state index contributed by atoms with van der Waals surface area (Å²) < 4.78 is 7.44. The highest BCUT2D eigenvalue weighted by atomic mass is 35.5. The Labute approximate surface area is 151 Å². The normalized spacial score (nSPS) is 12.0. The Morgan fingerprint density at radius 1 is 1.12 bits per heavy atom. The number of para-hydroxylation sites is 1. The molecule has 0 bridgehead atoms. The lowest BCUT2D eigenvalue weighted by Crippen LogP contribution is -2.23. The molecule has 0 unspecified atom stereocenters. The first-order valence-corrected chi connectivity index (χ1v) is 8.65. The first-order valence-electron chi connectivity index (χ1n) is 7.46. The average Bonchev–Trinajstić information content (AvgIpc) is 3.17. The topological polar surface area (TPSA) is 56.5 Å².